The summed E-state index contributed by atoms with van der Waals surface area (Å²) in [5, 5.41) is 5.71. The number of aromatic nitrogens is 1. The van der Waals surface area contributed by atoms with Crippen LogP contribution in [0.4, 0.5) is 0 Å². The predicted octanol–water partition coefficient (Wildman–Crippen LogP) is 7.88. The van der Waals surface area contributed by atoms with Gasteiger partial charge in [0.05, 0.1) is 5.71 Å². The summed E-state index contributed by atoms with van der Waals surface area (Å²) in [5.74, 6) is 0. The highest BCUT2D eigenvalue weighted by atomic mass is 16.6. The highest BCUT2D eigenvalue weighted by molar-refractivity contribution is 5.91. The van der Waals surface area contributed by atoms with Crippen molar-refractivity contribution in [2.24, 2.45) is 5.16 Å². The molecule has 0 saturated carbocycles. The number of fused-ring (bicyclic) bond motifs is 3. The second-order valence-corrected chi connectivity index (χ2v) is 8.58. The van der Waals surface area contributed by atoms with Gasteiger partial charge in [-0.05, 0) is 79.6 Å². The van der Waals surface area contributed by atoms with E-state index in [4.69, 9.17) is 4.84 Å². The molecule has 32 heavy (non-hydrogen) atoms. The molecule has 1 aromatic heterocycles. The lowest BCUT2D eigenvalue weighted by atomic mass is 9.93. The molecule has 1 unspecified atom stereocenters. The van der Waals surface area contributed by atoms with Crippen molar-refractivity contribution in [3.05, 3.63) is 82.1 Å². The third-order valence-electron chi connectivity index (χ3n) is 6.54. The van der Waals surface area contributed by atoms with E-state index in [0.717, 1.165) is 31.5 Å². The van der Waals surface area contributed by atoms with Gasteiger partial charge in [0.2, 0.25) is 0 Å². The molecule has 3 aromatic rings. The zero-order valence-electron chi connectivity index (χ0n) is 20.0. The van der Waals surface area contributed by atoms with Crippen LogP contribution in [0.5, 0.6) is 0 Å². The van der Waals surface area contributed by atoms with Gasteiger partial charge in [-0.25, -0.2) is 0 Å². The molecule has 0 amide bonds. The van der Waals surface area contributed by atoms with Crippen molar-refractivity contribution in [3.8, 4) is 0 Å². The van der Waals surface area contributed by atoms with Gasteiger partial charge in [0.25, 0.3) is 0 Å². The molecule has 4 rings (SSSR count). The van der Waals surface area contributed by atoms with Crippen LogP contribution in [0, 0.1) is 6.92 Å². The fraction of sp³-hybridized carbons (Fsp3) is 0.345. The van der Waals surface area contributed by atoms with E-state index in [2.05, 4.69) is 105 Å². The molecule has 2 aromatic carbocycles. The summed E-state index contributed by atoms with van der Waals surface area (Å²) in [7, 11) is 0. The van der Waals surface area contributed by atoms with E-state index in [-0.39, 0.29) is 6.10 Å². The van der Waals surface area contributed by atoms with Crippen molar-refractivity contribution < 1.29 is 4.84 Å². The number of rotatable bonds is 7. The van der Waals surface area contributed by atoms with E-state index in [1.807, 2.05) is 0 Å². The van der Waals surface area contributed by atoms with Crippen LogP contribution >= 0.6 is 0 Å². The topological polar surface area (TPSA) is 26.5 Å². The average molecular weight is 427 g/mol. The van der Waals surface area contributed by atoms with Crippen molar-refractivity contribution in [1.82, 2.24) is 4.57 Å². The Labute approximate surface area is 192 Å². The third kappa shape index (κ3) is 4.29. The maximum absolute atomic E-state index is 5.87. The summed E-state index contributed by atoms with van der Waals surface area (Å²) in [6.45, 7) is 11.7. The minimum absolute atomic E-state index is 0.0748. The number of aryl methyl sites for hydroxylation is 2. The Morgan fingerprint density at radius 3 is 2.59 bits per heavy atom. The number of oxime groups is 1. The summed E-state index contributed by atoms with van der Waals surface area (Å²) < 4.78 is 2.42. The molecule has 1 aliphatic rings. The Morgan fingerprint density at radius 2 is 1.88 bits per heavy atom. The van der Waals surface area contributed by atoms with E-state index in [1.165, 1.54) is 44.4 Å². The minimum atomic E-state index is -0.0748. The Kier molecular flexibility index (Phi) is 6.64. The molecule has 0 saturated heterocycles. The van der Waals surface area contributed by atoms with Gasteiger partial charge >= 0.3 is 0 Å². The fourth-order valence-electron chi connectivity index (χ4n) is 4.52. The Bertz CT molecular complexity index is 1200. The number of benzene rings is 2. The van der Waals surface area contributed by atoms with Crippen LogP contribution in [0.2, 0.25) is 0 Å². The van der Waals surface area contributed by atoms with E-state index in [9.17, 15) is 0 Å². The molecular weight excluding hydrogens is 392 g/mol. The van der Waals surface area contributed by atoms with Crippen LogP contribution in [-0.4, -0.2) is 10.3 Å². The highest BCUT2D eigenvalue weighted by Gasteiger charge is 2.20. The van der Waals surface area contributed by atoms with Crippen LogP contribution < -0.4 is 0 Å². The number of nitrogens with zero attached hydrogens (tertiary/aromatic N) is 2. The second kappa shape index (κ2) is 9.60. The highest BCUT2D eigenvalue weighted by Crippen LogP contribution is 2.35. The molecule has 1 heterocycles. The summed E-state index contributed by atoms with van der Waals surface area (Å²) >= 11 is 0. The van der Waals surface area contributed by atoms with Crippen LogP contribution in [-0.2, 0) is 17.8 Å². The van der Waals surface area contributed by atoms with Crippen LogP contribution in [0.25, 0.3) is 23.1 Å². The summed E-state index contributed by atoms with van der Waals surface area (Å²) in [5.41, 5.74) is 10.2. The molecule has 1 aliphatic carbocycles. The average Bonchev–Trinajstić information content (AvgIpc) is 3.13. The van der Waals surface area contributed by atoms with Crippen molar-refractivity contribution in [2.45, 2.75) is 66.5 Å². The third-order valence-corrected chi connectivity index (χ3v) is 6.54. The maximum Gasteiger partial charge on any atom is 0.149 e. The molecule has 0 bridgehead atoms. The quantitative estimate of drug-likeness (QED) is 0.279. The standard InChI is InChI=1S/C29H34N2O/c1-6-25(7-2)30-32-21(5)24-14-16-29-27(19-24)26-18-22(13-15-28(26)31(29)8-3)17-23-12-10-9-11-20(23)4/h9-17,19,21H,6-8,18H2,1-5H3. The number of hydrogen-bond donors (Lipinski definition) is 0. The van der Waals surface area contributed by atoms with Gasteiger partial charge in [-0.1, -0.05) is 61.5 Å². The van der Waals surface area contributed by atoms with E-state index < -0.39 is 0 Å². The zero-order valence-corrected chi connectivity index (χ0v) is 20.0. The number of allylic oxidation sites excluding steroid dienone is 2. The smallest absolute Gasteiger partial charge is 0.149 e. The van der Waals surface area contributed by atoms with Gasteiger partial charge in [0.15, 0.2) is 0 Å². The van der Waals surface area contributed by atoms with Gasteiger partial charge < -0.3 is 9.40 Å². The van der Waals surface area contributed by atoms with Gasteiger partial charge in [-0.15, -0.1) is 0 Å². The summed E-state index contributed by atoms with van der Waals surface area (Å²) in [4.78, 5) is 5.87. The van der Waals surface area contributed by atoms with Gasteiger partial charge in [-0.3, -0.25) is 0 Å². The minimum Gasteiger partial charge on any atom is -0.388 e. The Morgan fingerprint density at radius 1 is 1.09 bits per heavy atom. The molecule has 0 radical (unpaired) electrons. The second-order valence-electron chi connectivity index (χ2n) is 8.58. The molecule has 0 N–H and O–H groups in total. The molecule has 166 valence electrons. The van der Waals surface area contributed by atoms with Crippen molar-refractivity contribution in [3.63, 3.8) is 0 Å². The maximum atomic E-state index is 5.87. The molecule has 3 nitrogen and oxygen atoms in total. The monoisotopic (exact) mass is 426 g/mol. The van der Waals surface area contributed by atoms with Crippen molar-refractivity contribution in [2.75, 3.05) is 0 Å². The van der Waals surface area contributed by atoms with E-state index in [1.54, 1.807) is 0 Å². The zero-order chi connectivity index (χ0) is 22.7. The lowest BCUT2D eigenvalue weighted by Gasteiger charge is -2.13. The lowest BCUT2D eigenvalue weighted by molar-refractivity contribution is 0.0715. The van der Waals surface area contributed by atoms with Crippen LogP contribution in [0.1, 0.15) is 74.6 Å². The van der Waals surface area contributed by atoms with E-state index >= 15 is 0 Å². The summed E-state index contributed by atoms with van der Waals surface area (Å²) in [6.07, 6.45) is 9.61. The Balaban J connectivity index is 1.71. The number of hydrogen-bond acceptors (Lipinski definition) is 2. The first kappa shape index (κ1) is 22.1. The fourth-order valence-corrected chi connectivity index (χ4v) is 4.52. The van der Waals surface area contributed by atoms with Crippen molar-refractivity contribution >= 4 is 28.8 Å². The molecule has 0 spiro atoms. The van der Waals surface area contributed by atoms with Gasteiger partial charge in [0, 0.05) is 29.6 Å². The Hall–Kier alpha value is -3.07. The first-order valence-electron chi connectivity index (χ1n) is 11.9. The first-order chi connectivity index (χ1) is 15.5. The normalized spacial score (nSPS) is 15.1. The summed E-state index contributed by atoms with van der Waals surface area (Å²) in [6, 6.07) is 15.3. The molecular formula is C29H34N2O. The van der Waals surface area contributed by atoms with Crippen LogP contribution in [0.3, 0.4) is 0 Å². The SMILES string of the molecule is CCC(CC)=NOC(C)c1ccc2c(c1)c1c(n2CC)C=CC(=Cc2ccccc2C)C1. The molecule has 1 atom stereocenters. The first-order valence-corrected chi connectivity index (χ1v) is 11.9. The van der Waals surface area contributed by atoms with E-state index in [0.29, 0.717) is 0 Å². The van der Waals surface area contributed by atoms with Gasteiger partial charge in [0.1, 0.15) is 6.10 Å². The largest absolute Gasteiger partial charge is 0.388 e. The van der Waals surface area contributed by atoms with Gasteiger partial charge in [-0.2, -0.15) is 0 Å². The van der Waals surface area contributed by atoms with Crippen molar-refractivity contribution in [1.29, 1.82) is 0 Å². The predicted molar refractivity (Wildman–Crippen MR) is 137 cm³/mol. The molecule has 3 heteroatoms. The molecule has 0 fully saturated rings. The molecule has 0 aliphatic heterocycles. The lowest BCUT2D eigenvalue weighted by Crippen LogP contribution is -2.01. The van der Waals surface area contributed by atoms with Crippen LogP contribution in [0.15, 0.2) is 59.3 Å².